The number of imide groups is 1. The molecular formula is C14H20N2O5. The number of carbonyl (C=O) groups excluding carboxylic acids is 2. The van der Waals surface area contributed by atoms with Gasteiger partial charge in [-0.05, 0) is 32.1 Å². The monoisotopic (exact) mass is 296 g/mol. The van der Waals surface area contributed by atoms with Crippen molar-refractivity contribution in [3.8, 4) is 0 Å². The molecule has 2 bridgehead atoms. The number of carboxylic acids is 1. The van der Waals surface area contributed by atoms with E-state index in [1.54, 1.807) is 4.90 Å². The summed E-state index contributed by atoms with van der Waals surface area (Å²) in [6.07, 6.45) is 3.57. The average molecular weight is 296 g/mol. The number of fused-ring (bicyclic) bond motifs is 2. The molecule has 3 aliphatic heterocycles. The normalized spacial score (nSPS) is 34.8. The van der Waals surface area contributed by atoms with Gasteiger partial charge in [0.15, 0.2) is 0 Å². The summed E-state index contributed by atoms with van der Waals surface area (Å²) in [4.78, 5) is 37.3. The van der Waals surface area contributed by atoms with Gasteiger partial charge in [0.25, 0.3) is 0 Å². The van der Waals surface area contributed by atoms with E-state index in [2.05, 4.69) is 5.32 Å². The number of carboxylic acid groups (broad SMARTS) is 1. The number of aliphatic carboxylic acids is 1. The molecule has 0 aromatic carbocycles. The second-order valence-electron chi connectivity index (χ2n) is 6.02. The summed E-state index contributed by atoms with van der Waals surface area (Å²) in [5.41, 5.74) is 0. The van der Waals surface area contributed by atoms with E-state index in [0.717, 1.165) is 19.3 Å². The molecule has 7 nitrogen and oxygen atoms in total. The number of nitrogens with zero attached hydrogens (tertiary/aromatic N) is 1. The van der Waals surface area contributed by atoms with Crippen molar-refractivity contribution in [3.05, 3.63) is 0 Å². The molecular weight excluding hydrogens is 276 g/mol. The first-order chi connectivity index (χ1) is 10.1. The third-order valence-corrected chi connectivity index (χ3v) is 4.73. The van der Waals surface area contributed by atoms with Gasteiger partial charge >= 0.3 is 12.0 Å². The zero-order valence-corrected chi connectivity index (χ0v) is 11.8. The van der Waals surface area contributed by atoms with E-state index in [0.29, 0.717) is 25.9 Å². The average Bonchev–Trinajstić information content (AvgIpc) is 3.08. The SMILES string of the molecule is O=C(O)C1C(C(=O)NC(=O)N2CCCCC2)[C@H]2CC[C@@H]1O2. The molecule has 3 saturated heterocycles. The third-order valence-electron chi connectivity index (χ3n) is 4.73. The fourth-order valence-electron chi connectivity index (χ4n) is 3.69. The summed E-state index contributed by atoms with van der Waals surface area (Å²) in [6, 6.07) is -0.411. The smallest absolute Gasteiger partial charge is 0.324 e. The lowest BCUT2D eigenvalue weighted by atomic mass is 9.79. The second kappa shape index (κ2) is 5.63. The zero-order valence-electron chi connectivity index (χ0n) is 11.8. The number of hydrogen-bond donors (Lipinski definition) is 2. The number of ether oxygens (including phenoxy) is 1. The van der Waals surface area contributed by atoms with E-state index >= 15 is 0 Å². The van der Waals surface area contributed by atoms with Crippen LogP contribution in [0.2, 0.25) is 0 Å². The summed E-state index contributed by atoms with van der Waals surface area (Å²) in [6.45, 7) is 1.30. The number of likely N-dealkylation sites (tertiary alicyclic amines) is 1. The van der Waals surface area contributed by atoms with E-state index < -0.39 is 35.8 Å². The fourth-order valence-corrected chi connectivity index (χ4v) is 3.69. The molecule has 3 fully saturated rings. The summed E-state index contributed by atoms with van der Waals surface area (Å²) in [7, 11) is 0. The molecule has 4 atom stereocenters. The van der Waals surface area contributed by atoms with Crippen LogP contribution in [-0.4, -0.2) is 53.2 Å². The van der Waals surface area contributed by atoms with Crippen LogP contribution in [0.25, 0.3) is 0 Å². The van der Waals surface area contributed by atoms with Crippen LogP contribution in [0.3, 0.4) is 0 Å². The molecule has 0 aliphatic carbocycles. The first-order valence-corrected chi connectivity index (χ1v) is 7.56. The van der Waals surface area contributed by atoms with Gasteiger partial charge in [-0.2, -0.15) is 0 Å². The Morgan fingerprint density at radius 1 is 1.00 bits per heavy atom. The van der Waals surface area contributed by atoms with E-state index in [1.165, 1.54) is 0 Å². The van der Waals surface area contributed by atoms with E-state index in [-0.39, 0.29) is 6.10 Å². The van der Waals surface area contributed by atoms with E-state index in [9.17, 15) is 19.5 Å². The zero-order chi connectivity index (χ0) is 15.0. The Bertz CT molecular complexity index is 460. The molecule has 0 aromatic rings. The van der Waals surface area contributed by atoms with Crippen molar-refractivity contribution in [2.75, 3.05) is 13.1 Å². The molecule has 7 heteroatoms. The second-order valence-corrected chi connectivity index (χ2v) is 6.02. The third kappa shape index (κ3) is 2.62. The summed E-state index contributed by atoms with van der Waals surface area (Å²) in [5.74, 6) is -3.12. The van der Waals surface area contributed by atoms with Crippen LogP contribution in [-0.2, 0) is 14.3 Å². The van der Waals surface area contributed by atoms with E-state index in [4.69, 9.17) is 4.74 Å². The molecule has 0 saturated carbocycles. The number of amides is 3. The molecule has 21 heavy (non-hydrogen) atoms. The van der Waals surface area contributed by atoms with Gasteiger partial charge in [0.1, 0.15) is 0 Å². The van der Waals surface area contributed by atoms with Crippen LogP contribution < -0.4 is 5.32 Å². The van der Waals surface area contributed by atoms with Crippen LogP contribution in [0, 0.1) is 11.8 Å². The Labute approximate surface area is 122 Å². The number of hydrogen-bond acceptors (Lipinski definition) is 4. The summed E-state index contributed by atoms with van der Waals surface area (Å²) < 4.78 is 5.54. The van der Waals surface area contributed by atoms with Crippen LogP contribution >= 0.6 is 0 Å². The highest BCUT2D eigenvalue weighted by Crippen LogP contribution is 2.43. The summed E-state index contributed by atoms with van der Waals surface area (Å²) >= 11 is 0. The molecule has 3 rings (SSSR count). The molecule has 0 radical (unpaired) electrons. The molecule has 2 N–H and O–H groups in total. The largest absolute Gasteiger partial charge is 0.481 e. The Balaban J connectivity index is 1.64. The molecule has 3 amide bonds. The van der Waals surface area contributed by atoms with Crippen molar-refractivity contribution < 1.29 is 24.2 Å². The maximum Gasteiger partial charge on any atom is 0.324 e. The van der Waals surface area contributed by atoms with Crippen molar-refractivity contribution in [2.24, 2.45) is 11.8 Å². The molecule has 3 aliphatic rings. The minimum atomic E-state index is -1.02. The van der Waals surface area contributed by atoms with Gasteiger partial charge in [-0.3, -0.25) is 14.9 Å². The van der Waals surface area contributed by atoms with Gasteiger partial charge in [-0.1, -0.05) is 0 Å². The highest BCUT2D eigenvalue weighted by molar-refractivity contribution is 5.97. The predicted octanol–water partition coefficient (Wildman–Crippen LogP) is 0.587. The Kier molecular flexibility index (Phi) is 3.84. The summed E-state index contributed by atoms with van der Waals surface area (Å²) in [5, 5.41) is 11.6. The number of rotatable bonds is 2. The quantitative estimate of drug-likeness (QED) is 0.777. The first kappa shape index (κ1) is 14.3. The van der Waals surface area contributed by atoms with Gasteiger partial charge in [-0.15, -0.1) is 0 Å². The molecule has 2 unspecified atom stereocenters. The Morgan fingerprint density at radius 2 is 1.62 bits per heavy atom. The maximum atomic E-state index is 12.3. The minimum Gasteiger partial charge on any atom is -0.481 e. The Hall–Kier alpha value is -1.63. The van der Waals surface area contributed by atoms with Crippen LogP contribution in [0.1, 0.15) is 32.1 Å². The van der Waals surface area contributed by atoms with Gasteiger partial charge in [0.05, 0.1) is 24.0 Å². The Morgan fingerprint density at radius 3 is 2.24 bits per heavy atom. The van der Waals surface area contributed by atoms with Crippen LogP contribution in [0.4, 0.5) is 4.79 Å². The lowest BCUT2D eigenvalue weighted by Crippen LogP contribution is -2.50. The standard InChI is InChI=1S/C14H20N2O5/c17-12(15-14(20)16-6-2-1-3-7-16)10-8-4-5-9(21-8)11(10)13(18)19/h8-11H,1-7H2,(H,18,19)(H,15,17,20)/t8-,9+,10?,11?/m1/s1. The minimum absolute atomic E-state index is 0.370. The van der Waals surface area contributed by atoms with Crippen molar-refractivity contribution in [3.63, 3.8) is 0 Å². The number of nitrogens with one attached hydrogen (secondary N) is 1. The maximum absolute atomic E-state index is 12.3. The van der Waals surface area contributed by atoms with Crippen molar-refractivity contribution in [1.29, 1.82) is 0 Å². The van der Waals surface area contributed by atoms with Gasteiger partial charge < -0.3 is 14.7 Å². The van der Waals surface area contributed by atoms with Gasteiger partial charge in [0, 0.05) is 13.1 Å². The lowest BCUT2D eigenvalue weighted by molar-refractivity contribution is -0.147. The molecule has 0 spiro atoms. The van der Waals surface area contributed by atoms with Crippen molar-refractivity contribution in [2.45, 2.75) is 44.3 Å². The molecule has 3 heterocycles. The number of carbonyl (C=O) groups is 3. The van der Waals surface area contributed by atoms with Gasteiger partial charge in [-0.25, -0.2) is 4.79 Å². The van der Waals surface area contributed by atoms with Crippen molar-refractivity contribution >= 4 is 17.9 Å². The molecule has 0 aromatic heterocycles. The number of urea groups is 1. The van der Waals surface area contributed by atoms with Crippen LogP contribution in [0.5, 0.6) is 0 Å². The topological polar surface area (TPSA) is 95.9 Å². The van der Waals surface area contributed by atoms with Crippen LogP contribution in [0.15, 0.2) is 0 Å². The molecule has 116 valence electrons. The highest BCUT2D eigenvalue weighted by atomic mass is 16.5. The highest BCUT2D eigenvalue weighted by Gasteiger charge is 2.55. The van der Waals surface area contributed by atoms with Gasteiger partial charge in [0.2, 0.25) is 5.91 Å². The predicted molar refractivity (Wildman–Crippen MR) is 71.5 cm³/mol. The number of piperidine rings is 1. The van der Waals surface area contributed by atoms with Crippen molar-refractivity contribution in [1.82, 2.24) is 10.2 Å². The first-order valence-electron chi connectivity index (χ1n) is 7.56. The fraction of sp³-hybridized carbons (Fsp3) is 0.786. The lowest BCUT2D eigenvalue weighted by Gasteiger charge is -2.28. The van der Waals surface area contributed by atoms with E-state index in [1.807, 2.05) is 0 Å².